The molecule has 0 unspecified atom stereocenters. The molecule has 2 aliphatic rings. The second kappa shape index (κ2) is 27.6. The van der Waals surface area contributed by atoms with Crippen molar-refractivity contribution in [2.45, 2.75) is 72.1 Å². The summed E-state index contributed by atoms with van der Waals surface area (Å²) in [6.45, 7) is 6.32. The number of allylic oxidation sites excluding steroid dienone is 8. The molecule has 0 heterocycles. The monoisotopic (exact) mass is 410 g/mol. The molecule has 2 rings (SSSR count). The molecule has 0 aliphatic heterocycles. The van der Waals surface area contributed by atoms with Crippen LogP contribution in [-0.4, -0.2) is 19.8 Å². The van der Waals surface area contributed by atoms with E-state index in [1.165, 1.54) is 11.1 Å². The van der Waals surface area contributed by atoms with Gasteiger partial charge in [0.25, 0.3) is 0 Å². The van der Waals surface area contributed by atoms with E-state index >= 15 is 0 Å². The Morgan fingerprint density at radius 3 is 1.19 bits per heavy atom. The first kappa shape index (κ1) is 31.1. The summed E-state index contributed by atoms with van der Waals surface area (Å²) in [7, 11) is 0. The second-order valence-corrected chi connectivity index (χ2v) is 6.07. The summed E-state index contributed by atoms with van der Waals surface area (Å²) in [5, 5.41) is 28.6. The molecular weight excluding hydrogens is 372 g/mol. The van der Waals surface area contributed by atoms with Crippen LogP contribution in [0.15, 0.2) is 47.6 Å². The van der Waals surface area contributed by atoms with Crippen LogP contribution >= 0.6 is 0 Å². The Hall–Kier alpha value is -0.576. The van der Waals surface area contributed by atoms with Gasteiger partial charge in [0.2, 0.25) is 0 Å². The average Bonchev–Trinajstić information content (AvgIpc) is 3.33. The van der Waals surface area contributed by atoms with Crippen molar-refractivity contribution in [1.29, 1.82) is 0 Å². The van der Waals surface area contributed by atoms with Gasteiger partial charge in [-0.05, 0) is 12.8 Å². The zero-order valence-electron chi connectivity index (χ0n) is 17.5. The first-order valence-corrected chi connectivity index (χ1v) is 10.00. The van der Waals surface area contributed by atoms with E-state index in [0.29, 0.717) is 0 Å². The fraction of sp³-hybridized carbons (Fsp3) is 0.609. The molecule has 0 fully saturated rings. The van der Waals surface area contributed by atoms with Crippen LogP contribution in [0.1, 0.15) is 72.1 Å². The molecule has 152 valence electrons. The van der Waals surface area contributed by atoms with Gasteiger partial charge in [0.1, 0.15) is 0 Å². The topological polar surface area (TPSA) is 69.2 Å². The number of hydrogen-bond donors (Lipinski definition) is 0. The Balaban J connectivity index is -0.000000311. The standard InChI is InChI=1S/C11H11.3C4H9O.Ti/c1-2-6-10(5-1)9-11-7-3-4-8-11;3*1-2-3-4-5;/h1-5,7,9H,6,8H2;3*2-4H2,1H3;/q4*-1;+4. The van der Waals surface area contributed by atoms with Crippen LogP contribution in [0.4, 0.5) is 0 Å². The van der Waals surface area contributed by atoms with Crippen molar-refractivity contribution in [3.8, 4) is 0 Å². The zero-order valence-corrected chi connectivity index (χ0v) is 19.1. The molecule has 0 atom stereocenters. The van der Waals surface area contributed by atoms with Crippen LogP contribution in [0.3, 0.4) is 0 Å². The zero-order chi connectivity index (χ0) is 19.9. The summed E-state index contributed by atoms with van der Waals surface area (Å²) < 4.78 is 0. The van der Waals surface area contributed by atoms with Gasteiger partial charge < -0.3 is 15.3 Å². The SMILES string of the molecule is C1=CCC([CH-]C2=CC=CC2)=C1.CCCC[O-].CCCC[O-].CCCC[O-].[Ti+4]. The minimum absolute atomic E-state index is 0. The van der Waals surface area contributed by atoms with E-state index in [2.05, 4.69) is 42.9 Å². The summed E-state index contributed by atoms with van der Waals surface area (Å²) in [6, 6.07) is 0. The summed E-state index contributed by atoms with van der Waals surface area (Å²) in [4.78, 5) is 0. The fourth-order valence-electron chi connectivity index (χ4n) is 1.81. The minimum atomic E-state index is 0. The molecule has 0 aromatic heterocycles. The molecule has 0 bridgehead atoms. The Labute approximate surface area is 182 Å². The molecule has 3 nitrogen and oxygen atoms in total. The summed E-state index contributed by atoms with van der Waals surface area (Å²) in [5.74, 6) is 0. The van der Waals surface area contributed by atoms with E-state index in [-0.39, 0.29) is 41.5 Å². The molecule has 0 saturated heterocycles. The molecule has 4 heteroatoms. The normalized spacial score (nSPS) is 13.0. The van der Waals surface area contributed by atoms with Gasteiger partial charge in [-0.25, -0.2) is 0 Å². The van der Waals surface area contributed by atoms with Gasteiger partial charge in [0.15, 0.2) is 0 Å². The van der Waals surface area contributed by atoms with Gasteiger partial charge in [0, 0.05) is 0 Å². The molecule has 0 spiro atoms. The van der Waals surface area contributed by atoms with Gasteiger partial charge in [-0.1, -0.05) is 71.4 Å². The third kappa shape index (κ3) is 25.4. The predicted octanol–water partition coefficient (Wildman–Crippen LogP) is 3.40. The summed E-state index contributed by atoms with van der Waals surface area (Å²) >= 11 is 0. The van der Waals surface area contributed by atoms with Crippen LogP contribution in [0, 0.1) is 6.42 Å². The quantitative estimate of drug-likeness (QED) is 0.455. The molecular formula is C23H38O3Ti. The van der Waals surface area contributed by atoms with Gasteiger partial charge in [-0.15, -0.1) is 32.0 Å². The number of rotatable bonds is 8. The molecule has 27 heavy (non-hydrogen) atoms. The summed E-state index contributed by atoms with van der Waals surface area (Å²) in [5.41, 5.74) is 2.86. The third-order valence-corrected chi connectivity index (χ3v) is 3.46. The Morgan fingerprint density at radius 2 is 1.04 bits per heavy atom. The fourth-order valence-corrected chi connectivity index (χ4v) is 1.81. The van der Waals surface area contributed by atoms with E-state index in [1.807, 2.05) is 20.8 Å². The largest absolute Gasteiger partial charge is 4.00 e. The Morgan fingerprint density at radius 1 is 0.704 bits per heavy atom. The maximum atomic E-state index is 9.53. The van der Waals surface area contributed by atoms with Gasteiger partial charge >= 0.3 is 21.7 Å². The van der Waals surface area contributed by atoms with Crippen LogP contribution in [0.2, 0.25) is 0 Å². The van der Waals surface area contributed by atoms with E-state index in [9.17, 15) is 15.3 Å². The predicted molar refractivity (Wildman–Crippen MR) is 107 cm³/mol. The van der Waals surface area contributed by atoms with Crippen LogP contribution in [-0.2, 0) is 21.7 Å². The van der Waals surface area contributed by atoms with E-state index in [4.69, 9.17) is 0 Å². The van der Waals surface area contributed by atoms with Crippen molar-refractivity contribution in [1.82, 2.24) is 0 Å². The van der Waals surface area contributed by atoms with Crippen molar-refractivity contribution >= 4 is 0 Å². The molecule has 0 N–H and O–H groups in total. The van der Waals surface area contributed by atoms with E-state index in [0.717, 1.165) is 51.4 Å². The van der Waals surface area contributed by atoms with Crippen molar-refractivity contribution in [3.05, 3.63) is 54.0 Å². The maximum absolute atomic E-state index is 9.53. The van der Waals surface area contributed by atoms with Crippen LogP contribution < -0.4 is 15.3 Å². The smallest absolute Gasteiger partial charge is 0.854 e. The van der Waals surface area contributed by atoms with Gasteiger partial charge in [0.05, 0.1) is 0 Å². The summed E-state index contributed by atoms with van der Waals surface area (Å²) in [6.07, 6.45) is 23.1. The molecule has 0 aromatic carbocycles. The van der Waals surface area contributed by atoms with Crippen molar-refractivity contribution in [2.24, 2.45) is 0 Å². The van der Waals surface area contributed by atoms with Gasteiger partial charge in [-0.2, -0.15) is 29.7 Å². The molecule has 0 aromatic rings. The second-order valence-electron chi connectivity index (χ2n) is 6.07. The number of hydrogen-bond acceptors (Lipinski definition) is 3. The first-order chi connectivity index (χ1) is 12.7. The minimum Gasteiger partial charge on any atom is -0.854 e. The van der Waals surface area contributed by atoms with Crippen molar-refractivity contribution in [3.63, 3.8) is 0 Å². The molecule has 2 aliphatic carbocycles. The third-order valence-electron chi connectivity index (χ3n) is 3.46. The van der Waals surface area contributed by atoms with Crippen molar-refractivity contribution in [2.75, 3.05) is 19.8 Å². The molecule has 0 saturated carbocycles. The average molecular weight is 410 g/mol. The Bertz CT molecular complexity index is 350. The maximum Gasteiger partial charge on any atom is 4.00 e. The Kier molecular flexibility index (Phi) is 31.9. The first-order valence-electron chi connectivity index (χ1n) is 10.00. The van der Waals surface area contributed by atoms with E-state index in [1.54, 1.807) is 0 Å². The van der Waals surface area contributed by atoms with Crippen LogP contribution in [0.5, 0.6) is 0 Å². The van der Waals surface area contributed by atoms with Crippen molar-refractivity contribution < 1.29 is 37.0 Å². The number of unbranched alkanes of at least 4 members (excludes halogenated alkanes) is 3. The van der Waals surface area contributed by atoms with E-state index < -0.39 is 0 Å². The van der Waals surface area contributed by atoms with Gasteiger partial charge in [-0.3, -0.25) is 0 Å². The molecule has 0 amide bonds. The molecule has 0 radical (unpaired) electrons. The van der Waals surface area contributed by atoms with Crippen LogP contribution in [0.25, 0.3) is 0 Å².